The van der Waals surface area contributed by atoms with Crippen LogP contribution in [0.25, 0.3) is 0 Å². The Morgan fingerprint density at radius 1 is 0.800 bits per heavy atom. The number of hydrogen-bond acceptors (Lipinski definition) is 4. The third-order valence-electron chi connectivity index (χ3n) is 5.86. The van der Waals surface area contributed by atoms with Crippen LogP contribution in [0, 0.1) is 19.8 Å². The lowest BCUT2D eigenvalue weighted by Crippen LogP contribution is -2.37. The van der Waals surface area contributed by atoms with E-state index in [1.165, 1.54) is 4.90 Å². The Bertz CT molecular complexity index is 1110. The summed E-state index contributed by atoms with van der Waals surface area (Å²) in [6, 6.07) is 24.7. The van der Waals surface area contributed by atoms with E-state index < -0.39 is 12.0 Å². The monoisotopic (exact) mass is 398 g/mol. The van der Waals surface area contributed by atoms with E-state index in [9.17, 15) is 9.59 Å². The Balaban J connectivity index is 1.59. The maximum Gasteiger partial charge on any atom is 0.266 e. The summed E-state index contributed by atoms with van der Waals surface area (Å²) in [6.45, 7) is 3.91. The van der Waals surface area contributed by atoms with Gasteiger partial charge >= 0.3 is 0 Å². The number of fused-ring (bicyclic) bond motifs is 1. The van der Waals surface area contributed by atoms with E-state index in [0.29, 0.717) is 5.69 Å². The fourth-order valence-corrected chi connectivity index (χ4v) is 4.50. The third-order valence-corrected chi connectivity index (χ3v) is 5.86. The molecule has 0 bridgehead atoms. The molecule has 0 saturated carbocycles. The predicted molar refractivity (Wildman–Crippen MR) is 115 cm³/mol. The van der Waals surface area contributed by atoms with Crippen LogP contribution in [-0.2, 0) is 14.4 Å². The van der Waals surface area contributed by atoms with Crippen molar-refractivity contribution in [3.05, 3.63) is 95.6 Å². The zero-order valence-electron chi connectivity index (χ0n) is 16.9. The molecule has 150 valence electrons. The number of hydrogen-bond donors (Lipinski definition) is 0. The third kappa shape index (κ3) is 2.82. The lowest BCUT2D eigenvalue weighted by atomic mass is 9.90. The molecule has 5 nitrogen and oxygen atoms in total. The van der Waals surface area contributed by atoms with E-state index >= 15 is 0 Å². The number of carbonyl (C=O) groups excluding carboxylic acids is 2. The molecule has 0 radical (unpaired) electrons. The number of para-hydroxylation sites is 1. The van der Waals surface area contributed by atoms with Crippen molar-refractivity contribution in [1.29, 1.82) is 0 Å². The van der Waals surface area contributed by atoms with Gasteiger partial charge in [-0.15, -0.1) is 0 Å². The number of imide groups is 1. The molecule has 30 heavy (non-hydrogen) atoms. The van der Waals surface area contributed by atoms with Gasteiger partial charge in [-0.25, -0.2) is 9.96 Å². The average Bonchev–Trinajstić information content (AvgIpc) is 3.26. The highest BCUT2D eigenvalue weighted by atomic mass is 16.7. The first-order valence-electron chi connectivity index (χ1n) is 10.1. The fourth-order valence-electron chi connectivity index (χ4n) is 4.50. The van der Waals surface area contributed by atoms with Gasteiger partial charge in [-0.3, -0.25) is 14.4 Å². The molecule has 2 saturated heterocycles. The Labute approximate surface area is 175 Å². The lowest BCUT2D eigenvalue weighted by Gasteiger charge is -2.29. The first-order chi connectivity index (χ1) is 14.6. The van der Waals surface area contributed by atoms with Gasteiger partial charge in [0, 0.05) is 0 Å². The van der Waals surface area contributed by atoms with Gasteiger partial charge in [0.25, 0.3) is 5.91 Å². The minimum absolute atomic E-state index is 0.218. The van der Waals surface area contributed by atoms with E-state index in [1.54, 1.807) is 5.06 Å². The zero-order chi connectivity index (χ0) is 20.8. The Hall–Kier alpha value is -3.44. The summed E-state index contributed by atoms with van der Waals surface area (Å²) in [4.78, 5) is 34.4. The number of hydroxylamine groups is 1. The normalized spacial score (nSPS) is 23.2. The first-order valence-corrected chi connectivity index (χ1v) is 10.1. The van der Waals surface area contributed by atoms with Crippen LogP contribution in [0.4, 0.5) is 11.4 Å². The van der Waals surface area contributed by atoms with E-state index in [0.717, 1.165) is 22.4 Å². The summed E-state index contributed by atoms with van der Waals surface area (Å²) in [7, 11) is 0. The molecular weight excluding hydrogens is 376 g/mol. The van der Waals surface area contributed by atoms with Crippen molar-refractivity contribution in [3.8, 4) is 0 Å². The first kappa shape index (κ1) is 18.6. The van der Waals surface area contributed by atoms with Crippen LogP contribution in [0.15, 0.2) is 78.9 Å². The van der Waals surface area contributed by atoms with Gasteiger partial charge in [0.05, 0.1) is 17.4 Å². The van der Waals surface area contributed by atoms with E-state index in [2.05, 4.69) is 0 Å². The van der Waals surface area contributed by atoms with E-state index in [-0.39, 0.29) is 17.9 Å². The molecule has 0 spiro atoms. The van der Waals surface area contributed by atoms with Gasteiger partial charge in [0.2, 0.25) is 5.91 Å². The Kier molecular flexibility index (Phi) is 4.40. The van der Waals surface area contributed by atoms with Crippen molar-refractivity contribution in [1.82, 2.24) is 0 Å². The summed E-state index contributed by atoms with van der Waals surface area (Å²) in [6.07, 6.45) is -0.844. The molecule has 5 rings (SSSR count). The van der Waals surface area contributed by atoms with Crippen molar-refractivity contribution in [2.75, 3.05) is 9.96 Å². The Morgan fingerprint density at radius 2 is 1.47 bits per heavy atom. The zero-order valence-corrected chi connectivity index (χ0v) is 16.9. The largest absolute Gasteiger partial charge is 0.273 e. The standard InChI is InChI=1S/C25H22N2O3/c1-16-13-14-20(17(2)15-16)26-24(28)21-22(18-9-5-3-6-10-18)27(30-23(21)25(26)29)19-11-7-4-8-12-19/h3-15,21-23H,1-2H3/t21-,22-,23+/m1/s1. The van der Waals surface area contributed by atoms with Gasteiger partial charge in [-0.05, 0) is 43.2 Å². The van der Waals surface area contributed by atoms with Crippen molar-refractivity contribution in [2.24, 2.45) is 5.92 Å². The number of anilines is 2. The molecule has 5 heteroatoms. The van der Waals surface area contributed by atoms with E-state index in [1.807, 2.05) is 92.7 Å². The number of rotatable bonds is 3. The van der Waals surface area contributed by atoms with E-state index in [4.69, 9.17) is 4.84 Å². The second-order valence-electron chi connectivity index (χ2n) is 7.87. The summed E-state index contributed by atoms with van der Waals surface area (Å²) in [5, 5.41) is 1.72. The highest BCUT2D eigenvalue weighted by molar-refractivity contribution is 6.24. The maximum absolute atomic E-state index is 13.6. The molecule has 0 aliphatic carbocycles. The van der Waals surface area contributed by atoms with Crippen molar-refractivity contribution < 1.29 is 14.4 Å². The molecule has 2 aliphatic rings. The van der Waals surface area contributed by atoms with Crippen LogP contribution in [-0.4, -0.2) is 17.9 Å². The highest BCUT2D eigenvalue weighted by Gasteiger charge is 2.60. The molecule has 3 aromatic rings. The second kappa shape index (κ2) is 7.11. The number of aryl methyl sites for hydroxylation is 2. The molecule has 2 amide bonds. The number of benzene rings is 3. The lowest BCUT2D eigenvalue weighted by molar-refractivity contribution is -0.126. The minimum Gasteiger partial charge on any atom is -0.273 e. The predicted octanol–water partition coefficient (Wildman–Crippen LogP) is 4.35. The Morgan fingerprint density at radius 3 is 2.13 bits per heavy atom. The second-order valence-corrected chi connectivity index (χ2v) is 7.87. The molecule has 0 N–H and O–H groups in total. The van der Waals surface area contributed by atoms with Crippen LogP contribution in [0.1, 0.15) is 22.7 Å². The van der Waals surface area contributed by atoms with Gasteiger partial charge in [0.15, 0.2) is 6.10 Å². The van der Waals surface area contributed by atoms with Crippen molar-refractivity contribution in [3.63, 3.8) is 0 Å². The summed E-state index contributed by atoms with van der Waals surface area (Å²) in [5.74, 6) is -1.14. The minimum atomic E-state index is -0.844. The molecule has 0 unspecified atom stereocenters. The quantitative estimate of drug-likeness (QED) is 0.616. The van der Waals surface area contributed by atoms with Gasteiger partial charge in [-0.2, -0.15) is 0 Å². The van der Waals surface area contributed by atoms with Crippen LogP contribution in [0.2, 0.25) is 0 Å². The van der Waals surface area contributed by atoms with Crippen molar-refractivity contribution in [2.45, 2.75) is 26.0 Å². The maximum atomic E-state index is 13.6. The summed E-state index contributed by atoms with van der Waals surface area (Å²) >= 11 is 0. The molecule has 3 atom stereocenters. The summed E-state index contributed by atoms with van der Waals surface area (Å²) < 4.78 is 0. The van der Waals surface area contributed by atoms with Gasteiger partial charge in [-0.1, -0.05) is 66.2 Å². The number of carbonyl (C=O) groups is 2. The molecule has 2 heterocycles. The van der Waals surface area contributed by atoms with Crippen LogP contribution < -0.4 is 9.96 Å². The van der Waals surface area contributed by atoms with Crippen LogP contribution in [0.3, 0.4) is 0 Å². The van der Waals surface area contributed by atoms with Crippen LogP contribution in [0.5, 0.6) is 0 Å². The van der Waals surface area contributed by atoms with Crippen molar-refractivity contribution >= 4 is 23.2 Å². The number of amides is 2. The molecule has 3 aromatic carbocycles. The van der Waals surface area contributed by atoms with Gasteiger partial charge < -0.3 is 0 Å². The molecule has 2 aliphatic heterocycles. The topological polar surface area (TPSA) is 49.9 Å². The smallest absolute Gasteiger partial charge is 0.266 e. The molecule has 0 aromatic heterocycles. The SMILES string of the molecule is Cc1ccc(N2C(=O)[C@H]3[C@H](ON(c4ccccc4)[C@@H]3c3ccccc3)C2=O)c(C)c1. The number of nitrogens with zero attached hydrogens (tertiary/aromatic N) is 2. The van der Waals surface area contributed by atoms with Gasteiger partial charge in [0.1, 0.15) is 5.92 Å². The average molecular weight is 398 g/mol. The highest BCUT2D eigenvalue weighted by Crippen LogP contribution is 2.47. The molecule has 2 fully saturated rings. The molecular formula is C25H22N2O3. The summed E-state index contributed by atoms with van der Waals surface area (Å²) in [5.41, 5.74) is 4.38. The fraction of sp³-hybridized carbons (Fsp3) is 0.200. The van der Waals surface area contributed by atoms with Crippen LogP contribution >= 0.6 is 0 Å².